The molecule has 9 heteroatoms. The summed E-state index contributed by atoms with van der Waals surface area (Å²) in [7, 11) is -1.94. The number of carbonyl (C=O) groups is 2. The Hall–Kier alpha value is -3.07. The fourth-order valence-electron chi connectivity index (χ4n) is 4.20. The van der Waals surface area contributed by atoms with E-state index in [2.05, 4.69) is 5.32 Å². The van der Waals surface area contributed by atoms with Gasteiger partial charge in [-0.25, -0.2) is 8.42 Å². The van der Waals surface area contributed by atoms with Crippen LogP contribution in [0.3, 0.4) is 0 Å². The number of nitrogens with zero attached hydrogens (tertiary/aromatic N) is 2. The molecule has 0 aromatic heterocycles. The predicted molar refractivity (Wildman–Crippen MR) is 153 cm³/mol. The first-order valence-corrected chi connectivity index (χ1v) is 14.9. The Balaban J connectivity index is 2.23. The van der Waals surface area contributed by atoms with Crippen LogP contribution in [-0.2, 0) is 32.6 Å². The van der Waals surface area contributed by atoms with Gasteiger partial charge in [-0.05, 0) is 75.4 Å². The van der Waals surface area contributed by atoms with Crippen molar-refractivity contribution in [2.45, 2.75) is 78.4 Å². The number of rotatable bonds is 13. The van der Waals surface area contributed by atoms with Gasteiger partial charge in [0.25, 0.3) is 0 Å². The zero-order valence-electron chi connectivity index (χ0n) is 23.8. The van der Waals surface area contributed by atoms with Gasteiger partial charge in [0.05, 0.1) is 19.1 Å². The Kier molecular flexibility index (Phi) is 11.2. The van der Waals surface area contributed by atoms with Crippen molar-refractivity contribution in [1.82, 2.24) is 10.2 Å². The van der Waals surface area contributed by atoms with Gasteiger partial charge in [-0.15, -0.1) is 0 Å². The van der Waals surface area contributed by atoms with Crippen LogP contribution < -0.4 is 14.4 Å². The van der Waals surface area contributed by atoms with Crippen molar-refractivity contribution in [2.75, 3.05) is 24.2 Å². The van der Waals surface area contributed by atoms with Gasteiger partial charge in [-0.3, -0.25) is 13.9 Å². The number of hydrogen-bond donors (Lipinski definition) is 1. The lowest BCUT2D eigenvalue weighted by Gasteiger charge is -2.33. The van der Waals surface area contributed by atoms with Crippen LogP contribution >= 0.6 is 0 Å². The second kappa shape index (κ2) is 13.6. The molecule has 0 unspecified atom stereocenters. The van der Waals surface area contributed by atoms with E-state index < -0.39 is 21.6 Å². The fourth-order valence-corrected chi connectivity index (χ4v) is 5.17. The summed E-state index contributed by atoms with van der Waals surface area (Å²) in [6.45, 7) is 10.1. The van der Waals surface area contributed by atoms with Gasteiger partial charge in [0.2, 0.25) is 21.8 Å². The number of hydrogen-bond acceptors (Lipinski definition) is 5. The highest BCUT2D eigenvalue weighted by molar-refractivity contribution is 7.92. The zero-order chi connectivity index (χ0) is 28.5. The summed E-state index contributed by atoms with van der Waals surface area (Å²) in [4.78, 5) is 28.3. The second-order valence-corrected chi connectivity index (χ2v) is 12.4. The van der Waals surface area contributed by atoms with Crippen LogP contribution in [0.2, 0.25) is 0 Å². The van der Waals surface area contributed by atoms with Crippen LogP contribution in [0.15, 0.2) is 48.5 Å². The largest absolute Gasteiger partial charge is 0.497 e. The lowest BCUT2D eigenvalue weighted by atomic mass is 10.0. The van der Waals surface area contributed by atoms with E-state index in [1.807, 2.05) is 71.0 Å². The van der Waals surface area contributed by atoms with Gasteiger partial charge in [0, 0.05) is 25.0 Å². The molecule has 0 spiro atoms. The topological polar surface area (TPSA) is 96.0 Å². The molecular formula is C29H43N3O5S. The van der Waals surface area contributed by atoms with Crippen molar-refractivity contribution < 1.29 is 22.7 Å². The quantitative estimate of drug-likeness (QED) is 0.399. The third-order valence-corrected chi connectivity index (χ3v) is 7.37. The number of nitrogens with one attached hydrogen (secondary N) is 1. The Bertz CT molecular complexity index is 1160. The first-order valence-electron chi connectivity index (χ1n) is 13.1. The summed E-state index contributed by atoms with van der Waals surface area (Å²) in [5.41, 5.74) is 2.12. The van der Waals surface area contributed by atoms with E-state index in [1.165, 1.54) is 10.6 Å². The highest BCUT2D eigenvalue weighted by Crippen LogP contribution is 2.21. The van der Waals surface area contributed by atoms with Crippen molar-refractivity contribution in [3.8, 4) is 5.75 Å². The molecule has 0 saturated carbocycles. The molecule has 2 amide bonds. The fraction of sp³-hybridized carbons (Fsp3) is 0.517. The first kappa shape index (κ1) is 31.1. The molecule has 0 radical (unpaired) electrons. The molecule has 210 valence electrons. The summed E-state index contributed by atoms with van der Waals surface area (Å²) in [5.74, 6) is 0.291. The number of ether oxygens (including phenoxy) is 1. The van der Waals surface area contributed by atoms with Crippen LogP contribution in [0, 0.1) is 0 Å². The first-order chi connectivity index (χ1) is 17.8. The summed E-state index contributed by atoms with van der Waals surface area (Å²) < 4.78 is 31.6. The number of sulfonamides is 1. The minimum absolute atomic E-state index is 0.106. The Morgan fingerprint density at radius 3 is 2.03 bits per heavy atom. The number of carbonyl (C=O) groups excluding carboxylic acids is 2. The molecule has 8 nitrogen and oxygen atoms in total. The number of methoxy groups -OCH3 is 1. The van der Waals surface area contributed by atoms with Gasteiger partial charge in [-0.1, -0.05) is 38.1 Å². The molecule has 0 saturated heterocycles. The van der Waals surface area contributed by atoms with Crippen LogP contribution in [0.1, 0.15) is 65.0 Å². The van der Waals surface area contributed by atoms with E-state index in [1.54, 1.807) is 24.1 Å². The maximum atomic E-state index is 13.5. The number of amides is 2. The van der Waals surface area contributed by atoms with Gasteiger partial charge in [0.1, 0.15) is 11.8 Å². The van der Waals surface area contributed by atoms with E-state index in [0.29, 0.717) is 24.3 Å². The number of benzene rings is 2. The third kappa shape index (κ3) is 9.35. The number of aryl methyl sites for hydroxylation is 1. The Morgan fingerprint density at radius 2 is 1.55 bits per heavy atom. The van der Waals surface area contributed by atoms with Crippen molar-refractivity contribution in [1.29, 1.82) is 0 Å². The molecule has 1 N–H and O–H groups in total. The van der Waals surface area contributed by atoms with Crippen molar-refractivity contribution in [3.63, 3.8) is 0 Å². The lowest BCUT2D eigenvalue weighted by Crippen LogP contribution is -2.53. The van der Waals surface area contributed by atoms with E-state index >= 15 is 0 Å². The van der Waals surface area contributed by atoms with Crippen LogP contribution in [-0.4, -0.2) is 56.6 Å². The van der Waals surface area contributed by atoms with Crippen LogP contribution in [0.5, 0.6) is 5.75 Å². The lowest BCUT2D eigenvalue weighted by molar-refractivity contribution is -0.142. The molecule has 0 aliphatic rings. The predicted octanol–water partition coefficient (Wildman–Crippen LogP) is 4.53. The smallest absolute Gasteiger partial charge is 0.243 e. The molecule has 38 heavy (non-hydrogen) atoms. The zero-order valence-corrected chi connectivity index (χ0v) is 24.6. The van der Waals surface area contributed by atoms with Crippen LogP contribution in [0.4, 0.5) is 5.69 Å². The molecule has 0 heterocycles. The van der Waals surface area contributed by atoms with E-state index in [0.717, 1.165) is 17.5 Å². The standard InChI is InChI=1S/C29H43N3O5S/c1-8-22-12-16-24(17-13-22)32(38(7,35)36)20-10-11-27(33)31(21-23-14-18-25(37-6)19-15-23)26(9-2)28(34)30-29(3,4)5/h12-19,26H,8-11,20-21H2,1-7H3,(H,30,34)/t26-/m0/s1. The maximum absolute atomic E-state index is 13.5. The SMILES string of the molecule is CCc1ccc(N(CCCC(=O)N(Cc2ccc(OC)cc2)[C@@H](CC)C(=O)NC(C)(C)C)S(C)(=O)=O)cc1. The highest BCUT2D eigenvalue weighted by atomic mass is 32.2. The van der Waals surface area contributed by atoms with E-state index in [9.17, 15) is 18.0 Å². The maximum Gasteiger partial charge on any atom is 0.243 e. The Labute approximate surface area is 228 Å². The minimum Gasteiger partial charge on any atom is -0.497 e. The van der Waals surface area contributed by atoms with Gasteiger partial charge < -0.3 is 15.0 Å². The monoisotopic (exact) mass is 545 g/mol. The molecule has 2 aromatic rings. The van der Waals surface area contributed by atoms with Crippen LogP contribution in [0.25, 0.3) is 0 Å². The van der Waals surface area contributed by atoms with Gasteiger partial charge >= 0.3 is 0 Å². The average Bonchev–Trinajstić information content (AvgIpc) is 2.85. The van der Waals surface area contributed by atoms with E-state index in [-0.39, 0.29) is 31.3 Å². The van der Waals surface area contributed by atoms with Crippen molar-refractivity contribution in [3.05, 3.63) is 59.7 Å². The van der Waals surface area contributed by atoms with E-state index in [4.69, 9.17) is 4.74 Å². The molecule has 0 bridgehead atoms. The number of anilines is 1. The second-order valence-electron chi connectivity index (χ2n) is 10.5. The Morgan fingerprint density at radius 1 is 0.974 bits per heavy atom. The van der Waals surface area contributed by atoms with Gasteiger partial charge in [-0.2, -0.15) is 0 Å². The summed E-state index contributed by atoms with van der Waals surface area (Å²) >= 11 is 0. The molecule has 0 fully saturated rings. The summed E-state index contributed by atoms with van der Waals surface area (Å²) in [6, 6.07) is 14.1. The molecule has 0 aliphatic heterocycles. The minimum atomic E-state index is -3.53. The van der Waals surface area contributed by atoms with Crippen molar-refractivity contribution >= 4 is 27.5 Å². The third-order valence-electron chi connectivity index (χ3n) is 6.18. The average molecular weight is 546 g/mol. The normalized spacial score (nSPS) is 12.5. The summed E-state index contributed by atoms with van der Waals surface area (Å²) in [6.07, 6.45) is 2.90. The molecule has 1 atom stereocenters. The highest BCUT2D eigenvalue weighted by Gasteiger charge is 2.30. The molecule has 0 aliphatic carbocycles. The van der Waals surface area contributed by atoms with Gasteiger partial charge in [0.15, 0.2) is 0 Å². The van der Waals surface area contributed by atoms with Crippen molar-refractivity contribution in [2.24, 2.45) is 0 Å². The molecule has 2 aromatic carbocycles. The molecular weight excluding hydrogens is 502 g/mol. The summed E-state index contributed by atoms with van der Waals surface area (Å²) in [5, 5.41) is 2.99. The molecule has 2 rings (SSSR count).